The van der Waals surface area contributed by atoms with E-state index in [1.54, 1.807) is 136 Å². The van der Waals surface area contributed by atoms with Crippen LogP contribution < -0.4 is 26.0 Å². The van der Waals surface area contributed by atoms with Gasteiger partial charge in [-0.1, -0.05) is 184 Å². The summed E-state index contributed by atoms with van der Waals surface area (Å²) in [6.45, 7) is 6.69. The normalized spacial score (nSPS) is 18.2. The van der Waals surface area contributed by atoms with E-state index in [4.69, 9.17) is 18.9 Å². The van der Waals surface area contributed by atoms with Gasteiger partial charge in [0.15, 0.2) is 5.41 Å². The minimum Gasteiger partial charge on any atom is -0.467 e. The van der Waals surface area contributed by atoms with Crippen LogP contribution in [0.1, 0.15) is 74.3 Å². The number of barbiturate groups is 5. The van der Waals surface area contributed by atoms with Crippen molar-refractivity contribution in [1.82, 2.24) is 50.7 Å². The van der Waals surface area contributed by atoms with Crippen molar-refractivity contribution in [3.05, 3.63) is 210 Å². The maximum Gasteiger partial charge on any atom is 0.333 e. The first-order valence-electron chi connectivity index (χ1n) is 32.9. The van der Waals surface area contributed by atoms with Crippen LogP contribution in [0.25, 0.3) is 0 Å². The topological polar surface area (TPSA) is 415 Å². The molecule has 5 fully saturated rings. The Labute approximate surface area is 613 Å². The molecule has 0 bridgehead atoms. The van der Waals surface area contributed by atoms with Crippen LogP contribution >= 0.6 is 0 Å². The third kappa shape index (κ3) is 16.4. The van der Waals surface area contributed by atoms with E-state index in [0.717, 1.165) is 54.4 Å². The second-order valence-corrected chi connectivity index (χ2v) is 24.7. The lowest BCUT2D eigenvalue weighted by Crippen LogP contribution is -2.70. The summed E-state index contributed by atoms with van der Waals surface area (Å²) in [6.07, 6.45) is -0.102. The molecule has 0 spiro atoms. The second kappa shape index (κ2) is 34.1. The van der Waals surface area contributed by atoms with E-state index < -0.39 is 147 Å². The summed E-state index contributed by atoms with van der Waals surface area (Å²) in [5, 5.41) is 17.8. The number of para-hydroxylation sites is 1. The number of amides is 20. The van der Waals surface area contributed by atoms with Crippen molar-refractivity contribution in [3.8, 4) is 5.75 Å². The number of aliphatic hydroxyl groups excluding tert-OH is 1. The fraction of sp³-hybridized carbons (Fsp3) is 0.293. The van der Waals surface area contributed by atoms with Crippen molar-refractivity contribution in [2.24, 2.45) is 0 Å². The van der Waals surface area contributed by atoms with Gasteiger partial charge in [0, 0.05) is 87.4 Å². The predicted molar refractivity (Wildman–Crippen MR) is 375 cm³/mol. The molecule has 0 aliphatic carbocycles. The summed E-state index contributed by atoms with van der Waals surface area (Å²) in [6, 6.07) is 48.6. The third-order valence-corrected chi connectivity index (χ3v) is 17.9. The molecule has 11 rings (SSSR count). The fourth-order valence-corrected chi connectivity index (χ4v) is 12.3. The number of nitrogens with zero attached hydrogens (tertiary/aromatic N) is 6. The summed E-state index contributed by atoms with van der Waals surface area (Å²) >= 11 is 0. The quantitative estimate of drug-likeness (QED) is 0.0674. The lowest BCUT2D eigenvalue weighted by molar-refractivity contribution is -0.183. The van der Waals surface area contributed by atoms with Crippen LogP contribution in [0, 0.1) is 0 Å². The van der Waals surface area contributed by atoms with E-state index in [1.807, 2.05) is 77.4 Å². The molecule has 20 amide bonds. The van der Waals surface area contributed by atoms with Crippen LogP contribution in [0.3, 0.4) is 0 Å². The van der Waals surface area contributed by atoms with E-state index in [0.29, 0.717) is 22.4 Å². The number of nitrogens with one attached hydrogen (secondary N) is 4. The molecule has 2 unspecified atom stereocenters. The Bertz CT molecular complexity index is 4280. The molecule has 107 heavy (non-hydrogen) atoms. The lowest BCUT2D eigenvalue weighted by atomic mass is 9.77. The zero-order valence-corrected chi connectivity index (χ0v) is 60.0. The van der Waals surface area contributed by atoms with E-state index in [1.165, 1.54) is 42.3 Å². The molecule has 0 radical (unpaired) electrons. The van der Waals surface area contributed by atoms with Gasteiger partial charge in [-0.05, 0) is 46.9 Å². The lowest BCUT2D eigenvalue weighted by Gasteiger charge is -2.41. The highest BCUT2D eigenvalue weighted by atomic mass is 16.6. The van der Waals surface area contributed by atoms with Gasteiger partial charge in [0.05, 0.1) is 6.61 Å². The first-order valence-corrected chi connectivity index (χ1v) is 32.9. The Balaban J connectivity index is 0.000000187. The molecule has 5 heterocycles. The molecular weight excluding hydrogens is 1390 g/mol. The highest BCUT2D eigenvalue weighted by molar-refractivity contribution is 6.26. The zero-order valence-electron chi connectivity index (χ0n) is 60.0. The molecule has 5 saturated heterocycles. The van der Waals surface area contributed by atoms with Crippen molar-refractivity contribution < 1.29 is 106 Å². The number of urea groups is 5. The number of ether oxygens (including phenoxy) is 4. The van der Waals surface area contributed by atoms with Gasteiger partial charge in [0.2, 0.25) is 5.60 Å². The maximum atomic E-state index is 13.0. The predicted octanol–water partition coefficient (Wildman–Crippen LogP) is 4.04. The molecule has 5 N–H and O–H groups in total. The highest BCUT2D eigenvalue weighted by Crippen LogP contribution is 2.37. The number of carbonyl (C=O) groups is 17. The number of carbonyl (C=O) groups excluding carboxylic acids is 17. The smallest absolute Gasteiger partial charge is 0.333 e. The van der Waals surface area contributed by atoms with Crippen LogP contribution in [0.5, 0.6) is 5.75 Å². The Morgan fingerprint density at radius 1 is 0.393 bits per heavy atom. The van der Waals surface area contributed by atoms with E-state index in [-0.39, 0.29) is 19.4 Å². The molecule has 32 heteroatoms. The monoisotopic (exact) mass is 1470 g/mol. The molecule has 560 valence electrons. The number of benzene rings is 6. The van der Waals surface area contributed by atoms with Gasteiger partial charge in [-0.3, -0.25) is 108 Å². The van der Waals surface area contributed by atoms with Gasteiger partial charge in [-0.25, -0.2) is 24.0 Å². The van der Waals surface area contributed by atoms with Gasteiger partial charge >= 0.3 is 42.1 Å². The van der Waals surface area contributed by atoms with Crippen LogP contribution in [0.15, 0.2) is 182 Å². The average Bonchev–Trinajstić information content (AvgIpc) is 0.769. The average molecular weight is 1470 g/mol. The minimum absolute atomic E-state index is 0.0301. The molecule has 32 nitrogen and oxygen atoms in total. The Morgan fingerprint density at radius 3 is 1.02 bits per heavy atom. The van der Waals surface area contributed by atoms with E-state index in [9.17, 15) is 86.6 Å². The van der Waals surface area contributed by atoms with Gasteiger partial charge in [0.25, 0.3) is 75.9 Å². The van der Waals surface area contributed by atoms with Crippen LogP contribution in [0.4, 0.5) is 24.0 Å². The number of rotatable bonds is 16. The van der Waals surface area contributed by atoms with Crippen molar-refractivity contribution in [2.45, 2.75) is 87.1 Å². The molecule has 6 aromatic carbocycles. The Hall–Kier alpha value is -13.0. The fourth-order valence-electron chi connectivity index (χ4n) is 12.3. The van der Waals surface area contributed by atoms with Crippen LogP contribution in [0.2, 0.25) is 0 Å². The van der Waals surface area contributed by atoms with E-state index in [2.05, 4.69) is 10.6 Å². The van der Waals surface area contributed by atoms with Crippen molar-refractivity contribution in [3.63, 3.8) is 0 Å². The van der Waals surface area contributed by atoms with Gasteiger partial charge in [0.1, 0.15) is 5.75 Å². The number of imide groups is 10. The molecule has 0 aromatic heterocycles. The number of aliphatic hydroxyl groups is 1. The molecule has 0 saturated carbocycles. The summed E-state index contributed by atoms with van der Waals surface area (Å²) in [5.74, 6) is -10.3. The summed E-state index contributed by atoms with van der Waals surface area (Å²) < 4.78 is 21.6. The van der Waals surface area contributed by atoms with Gasteiger partial charge in [-0.2, -0.15) is 0 Å². The molecule has 5 aliphatic rings. The standard InChI is InChI=1S/C19H18N2O4.C15H16N2O5.C14H14N2O5.C14H16N2O4.C13H14N2O4/c1-20-16(22)19(17(23)21(2)18(20)24,13-14-9-5-3-6-10-14)25-15-11-7-4-8-12-15;1-10(18)22-15(9-11-7-5-4-6-8-11)12(19)16(2)14(21)17(3)13(15)20;1-8(10-6-4-3-5-7-10)14(21-9(2)17)11(18)15-13(20)16-12(14)19;1-3-20-14(9(2)10-7-5-4-6-8-10)11(17)15-13(19)16-12(14)18;1-14-10(17)13(8-16,9-6-4-3-5-7-9)11(18)15(2)12(14)19/h3-12H,13H2,1-2H3;4-8H,9H2,1-3H3;3-8H,1-2H3,(H2,15,16,18,19,20);4-9H,3H2,1-2H3,(H2,15,16,17,18,19);3-7,16H,8H2,1-2H3. The Morgan fingerprint density at radius 2 is 0.682 bits per heavy atom. The first-order chi connectivity index (χ1) is 50.6. The zero-order chi connectivity index (χ0) is 79.1. The highest BCUT2D eigenvalue weighted by Gasteiger charge is 2.62. The summed E-state index contributed by atoms with van der Waals surface area (Å²) in [7, 11) is 7.78. The minimum atomic E-state index is -2.11. The van der Waals surface area contributed by atoms with Crippen LogP contribution in [-0.4, -0.2) is 214 Å². The first kappa shape index (κ1) is 81.3. The Kier molecular flexibility index (Phi) is 25.9. The van der Waals surface area contributed by atoms with Gasteiger partial charge in [-0.15, -0.1) is 0 Å². The van der Waals surface area contributed by atoms with Gasteiger partial charge < -0.3 is 24.1 Å². The molecule has 5 aliphatic heterocycles. The summed E-state index contributed by atoms with van der Waals surface area (Å²) in [4.78, 5) is 211. The van der Waals surface area contributed by atoms with Crippen molar-refractivity contribution in [1.29, 1.82) is 0 Å². The second-order valence-electron chi connectivity index (χ2n) is 24.7. The number of likely N-dealkylation sites (N-methyl/N-ethyl adjacent to an activating group) is 6. The maximum absolute atomic E-state index is 13.0. The largest absolute Gasteiger partial charge is 0.467 e. The number of esters is 2. The third-order valence-electron chi connectivity index (χ3n) is 17.9. The summed E-state index contributed by atoms with van der Waals surface area (Å²) in [5.41, 5.74) is -6.27. The van der Waals surface area contributed by atoms with Crippen molar-refractivity contribution >= 4 is 101 Å². The van der Waals surface area contributed by atoms with E-state index >= 15 is 0 Å². The van der Waals surface area contributed by atoms with Crippen molar-refractivity contribution in [2.75, 3.05) is 55.5 Å². The molecule has 2 atom stereocenters. The number of hydrogen-bond donors (Lipinski definition) is 5. The number of hydrogen-bond acceptors (Lipinski definition) is 22. The van der Waals surface area contributed by atoms with Crippen LogP contribution in [-0.2, 0) is 90.0 Å². The molecule has 6 aromatic rings. The SMILES string of the molecule is CC(=O)OC1(C(C)c2ccccc2)C(=O)NC(=O)NC1=O.CC(=O)OC1(Cc2ccccc2)C(=O)N(C)C(=O)N(C)C1=O.CCOC1(C(C)c2ccccc2)C(=O)NC(=O)NC1=O.CN1C(=O)N(C)C(=O)C(CO)(c2ccccc2)C1=O.CN1C(=O)N(C)C(=O)C(Cc2ccccc2)(Oc2ccccc2)C1=O. The molecular formula is C75H78N10O22.